The van der Waals surface area contributed by atoms with Crippen molar-refractivity contribution in [1.29, 1.82) is 0 Å². The molecule has 0 spiro atoms. The van der Waals surface area contributed by atoms with E-state index in [1.165, 1.54) is 0 Å². The van der Waals surface area contributed by atoms with Crippen LogP contribution < -0.4 is 10.1 Å². The third-order valence-corrected chi connectivity index (χ3v) is 3.67. The summed E-state index contributed by atoms with van der Waals surface area (Å²) in [5, 5.41) is 2.98. The normalized spacial score (nSPS) is 10.7. The van der Waals surface area contributed by atoms with Gasteiger partial charge in [0, 0.05) is 12.2 Å². The summed E-state index contributed by atoms with van der Waals surface area (Å²) in [5.74, 6) is 0.819. The fourth-order valence-corrected chi connectivity index (χ4v) is 2.44. The largest absolute Gasteiger partial charge is 0.497 e. The summed E-state index contributed by atoms with van der Waals surface area (Å²) in [6.07, 6.45) is 0. The van der Waals surface area contributed by atoms with Crippen LogP contribution in [-0.4, -0.2) is 31.5 Å². The van der Waals surface area contributed by atoms with Gasteiger partial charge in [-0.2, -0.15) is 0 Å². The Kier molecular flexibility index (Phi) is 5.77. The number of hydrogen-bond donors (Lipinski definition) is 1. The van der Waals surface area contributed by atoms with Crippen LogP contribution in [0.4, 0.5) is 5.69 Å². The van der Waals surface area contributed by atoms with Crippen molar-refractivity contribution in [2.45, 2.75) is 20.4 Å². The van der Waals surface area contributed by atoms with Crippen molar-refractivity contribution in [3.63, 3.8) is 0 Å². The zero-order valence-corrected chi connectivity index (χ0v) is 14.2. The molecule has 2 rings (SSSR count). The molecule has 0 aliphatic heterocycles. The molecule has 4 nitrogen and oxygen atoms in total. The smallest absolute Gasteiger partial charge is 0.238 e. The number of hydrogen-bond acceptors (Lipinski definition) is 3. The number of anilines is 1. The summed E-state index contributed by atoms with van der Waals surface area (Å²) < 4.78 is 5.22. The lowest BCUT2D eigenvalue weighted by Crippen LogP contribution is -2.30. The lowest BCUT2D eigenvalue weighted by atomic mass is 10.1. The first-order valence-corrected chi connectivity index (χ1v) is 7.66. The van der Waals surface area contributed by atoms with E-state index in [0.717, 1.165) is 28.1 Å². The van der Waals surface area contributed by atoms with Crippen molar-refractivity contribution in [1.82, 2.24) is 4.90 Å². The summed E-state index contributed by atoms with van der Waals surface area (Å²) >= 11 is 0. The van der Waals surface area contributed by atoms with Crippen molar-refractivity contribution in [3.05, 3.63) is 59.2 Å². The second kappa shape index (κ2) is 7.79. The second-order valence-corrected chi connectivity index (χ2v) is 5.89. The van der Waals surface area contributed by atoms with Crippen LogP contribution in [0.2, 0.25) is 0 Å². The molecule has 4 heteroatoms. The molecular formula is C19H24N2O2. The topological polar surface area (TPSA) is 41.6 Å². The van der Waals surface area contributed by atoms with Crippen molar-refractivity contribution in [2.24, 2.45) is 0 Å². The highest BCUT2D eigenvalue weighted by Crippen LogP contribution is 2.17. The average Bonchev–Trinajstić information content (AvgIpc) is 2.50. The minimum atomic E-state index is -0.0101. The van der Waals surface area contributed by atoms with E-state index in [4.69, 9.17) is 4.74 Å². The van der Waals surface area contributed by atoms with Gasteiger partial charge in [0.15, 0.2) is 0 Å². The van der Waals surface area contributed by atoms with Gasteiger partial charge in [0.2, 0.25) is 5.91 Å². The third-order valence-electron chi connectivity index (χ3n) is 3.67. The Labute approximate surface area is 138 Å². The van der Waals surface area contributed by atoms with Gasteiger partial charge in [0.1, 0.15) is 5.75 Å². The molecule has 2 aromatic carbocycles. The molecule has 0 saturated heterocycles. The molecular weight excluding hydrogens is 288 g/mol. The number of amides is 1. The first-order valence-electron chi connectivity index (χ1n) is 7.66. The molecule has 23 heavy (non-hydrogen) atoms. The van der Waals surface area contributed by atoms with Gasteiger partial charge < -0.3 is 10.1 Å². The standard InChI is InChI=1S/C19H24N2O2/c1-14-8-9-15(2)18(10-14)20-19(22)13-21(3)12-16-6-5-7-17(11-16)23-4/h5-11H,12-13H2,1-4H3,(H,20,22). The number of nitrogens with one attached hydrogen (secondary N) is 1. The van der Waals surface area contributed by atoms with Crippen LogP contribution in [0.5, 0.6) is 5.75 Å². The van der Waals surface area contributed by atoms with Crippen LogP contribution in [0.1, 0.15) is 16.7 Å². The number of aryl methyl sites for hydroxylation is 2. The number of likely N-dealkylation sites (N-methyl/N-ethyl adjacent to an activating group) is 1. The van der Waals surface area contributed by atoms with Gasteiger partial charge in [0.05, 0.1) is 13.7 Å². The van der Waals surface area contributed by atoms with Crippen LogP contribution in [0, 0.1) is 13.8 Å². The molecule has 0 saturated carbocycles. The molecule has 0 atom stereocenters. The monoisotopic (exact) mass is 312 g/mol. The Bertz CT molecular complexity index is 683. The van der Waals surface area contributed by atoms with E-state index < -0.39 is 0 Å². The predicted molar refractivity (Wildman–Crippen MR) is 93.9 cm³/mol. The number of rotatable bonds is 6. The minimum absolute atomic E-state index is 0.0101. The van der Waals surface area contributed by atoms with E-state index in [9.17, 15) is 4.79 Å². The molecule has 0 bridgehead atoms. The second-order valence-electron chi connectivity index (χ2n) is 5.89. The van der Waals surface area contributed by atoms with Gasteiger partial charge in [-0.05, 0) is 55.8 Å². The predicted octanol–water partition coefficient (Wildman–Crippen LogP) is 3.38. The molecule has 0 radical (unpaired) electrons. The summed E-state index contributed by atoms with van der Waals surface area (Å²) in [5.41, 5.74) is 4.20. The first-order chi connectivity index (χ1) is 11.0. The molecule has 0 aromatic heterocycles. The highest BCUT2D eigenvalue weighted by molar-refractivity contribution is 5.93. The Morgan fingerprint density at radius 3 is 2.70 bits per heavy atom. The highest BCUT2D eigenvalue weighted by atomic mass is 16.5. The number of benzene rings is 2. The van der Waals surface area contributed by atoms with Crippen LogP contribution in [0.25, 0.3) is 0 Å². The van der Waals surface area contributed by atoms with E-state index in [1.54, 1.807) is 7.11 Å². The zero-order chi connectivity index (χ0) is 16.8. The Balaban J connectivity index is 1.92. The van der Waals surface area contributed by atoms with Gasteiger partial charge in [-0.3, -0.25) is 9.69 Å². The van der Waals surface area contributed by atoms with Crippen LogP contribution in [-0.2, 0) is 11.3 Å². The first kappa shape index (κ1) is 17.0. The summed E-state index contributed by atoms with van der Waals surface area (Å²) in [6.45, 7) is 5.04. The average molecular weight is 312 g/mol. The number of nitrogens with zero attached hydrogens (tertiary/aromatic N) is 1. The van der Waals surface area contributed by atoms with Crippen LogP contribution >= 0.6 is 0 Å². The lowest BCUT2D eigenvalue weighted by molar-refractivity contribution is -0.117. The van der Waals surface area contributed by atoms with Gasteiger partial charge >= 0.3 is 0 Å². The molecule has 0 unspecified atom stereocenters. The highest BCUT2D eigenvalue weighted by Gasteiger charge is 2.09. The van der Waals surface area contributed by atoms with E-state index in [-0.39, 0.29) is 5.91 Å². The van der Waals surface area contributed by atoms with E-state index in [0.29, 0.717) is 13.1 Å². The van der Waals surface area contributed by atoms with E-state index in [1.807, 2.05) is 68.3 Å². The van der Waals surface area contributed by atoms with Crippen LogP contribution in [0.15, 0.2) is 42.5 Å². The molecule has 0 aliphatic rings. The molecule has 1 N–H and O–H groups in total. The van der Waals surface area contributed by atoms with Gasteiger partial charge in [-0.25, -0.2) is 0 Å². The maximum absolute atomic E-state index is 12.2. The molecule has 122 valence electrons. The zero-order valence-electron chi connectivity index (χ0n) is 14.2. The SMILES string of the molecule is COc1cccc(CN(C)CC(=O)Nc2cc(C)ccc2C)c1. The number of ether oxygens (including phenoxy) is 1. The Hall–Kier alpha value is -2.33. The van der Waals surface area contributed by atoms with Crippen molar-refractivity contribution in [3.8, 4) is 5.75 Å². The van der Waals surface area contributed by atoms with Gasteiger partial charge in [0.25, 0.3) is 0 Å². The van der Waals surface area contributed by atoms with Gasteiger partial charge in [-0.15, -0.1) is 0 Å². The summed E-state index contributed by atoms with van der Waals surface area (Å²) in [7, 11) is 3.59. The quantitative estimate of drug-likeness (QED) is 0.889. The number of carbonyl (C=O) groups is 1. The van der Waals surface area contributed by atoms with Gasteiger partial charge in [-0.1, -0.05) is 24.3 Å². The Morgan fingerprint density at radius 2 is 1.96 bits per heavy atom. The van der Waals surface area contributed by atoms with Crippen molar-refractivity contribution in [2.75, 3.05) is 26.0 Å². The van der Waals surface area contributed by atoms with Crippen molar-refractivity contribution < 1.29 is 9.53 Å². The maximum Gasteiger partial charge on any atom is 0.238 e. The minimum Gasteiger partial charge on any atom is -0.497 e. The lowest BCUT2D eigenvalue weighted by Gasteiger charge is -2.17. The fraction of sp³-hybridized carbons (Fsp3) is 0.316. The molecule has 0 heterocycles. The summed E-state index contributed by atoms with van der Waals surface area (Å²) in [4.78, 5) is 14.2. The maximum atomic E-state index is 12.2. The molecule has 2 aromatic rings. The van der Waals surface area contributed by atoms with Crippen molar-refractivity contribution >= 4 is 11.6 Å². The van der Waals surface area contributed by atoms with E-state index >= 15 is 0 Å². The van der Waals surface area contributed by atoms with Crippen LogP contribution in [0.3, 0.4) is 0 Å². The van der Waals surface area contributed by atoms with E-state index in [2.05, 4.69) is 5.32 Å². The number of carbonyl (C=O) groups excluding carboxylic acids is 1. The number of methoxy groups -OCH3 is 1. The Morgan fingerprint density at radius 1 is 1.17 bits per heavy atom. The molecule has 0 fully saturated rings. The fourth-order valence-electron chi connectivity index (χ4n) is 2.44. The third kappa shape index (κ3) is 5.11. The molecule has 0 aliphatic carbocycles. The summed E-state index contributed by atoms with van der Waals surface area (Å²) in [6, 6.07) is 13.9. The molecule has 1 amide bonds.